The highest BCUT2D eigenvalue weighted by molar-refractivity contribution is 7.92. The van der Waals surface area contributed by atoms with Crippen LogP contribution in [0.4, 0.5) is 10.1 Å². The van der Waals surface area contributed by atoms with Crippen LogP contribution in [0, 0.1) is 11.7 Å². The molecule has 1 heterocycles. The molecule has 0 aliphatic carbocycles. The van der Waals surface area contributed by atoms with Crippen molar-refractivity contribution in [3.8, 4) is 11.5 Å². The van der Waals surface area contributed by atoms with Crippen LogP contribution in [0.25, 0.3) is 0 Å². The minimum absolute atomic E-state index is 0.0348. The molecule has 1 amide bonds. The normalized spacial score (nSPS) is 18.4. The maximum Gasteiger partial charge on any atom is 0.261 e. The molecule has 0 spiro atoms. The molecule has 11 heteroatoms. The second kappa shape index (κ2) is 13.5. The van der Waals surface area contributed by atoms with Gasteiger partial charge in [-0.15, -0.1) is 0 Å². The number of likely N-dealkylation sites (N-methyl/N-ethyl adjacent to an activating group) is 1. The van der Waals surface area contributed by atoms with Gasteiger partial charge in [0, 0.05) is 36.8 Å². The summed E-state index contributed by atoms with van der Waals surface area (Å²) in [5.41, 5.74) is 1.88. The lowest BCUT2D eigenvalue weighted by atomic mass is 10.0. The molecule has 0 radical (unpaired) electrons. The average molecular weight is 600 g/mol. The van der Waals surface area contributed by atoms with Gasteiger partial charge in [0.15, 0.2) is 0 Å². The first-order valence-corrected chi connectivity index (χ1v) is 15.3. The zero-order chi connectivity index (χ0) is 30.4. The maximum absolute atomic E-state index is 13.5. The number of methoxy groups -OCH3 is 1. The van der Waals surface area contributed by atoms with Crippen molar-refractivity contribution in [2.45, 2.75) is 43.9 Å². The standard InChI is InChI=1S/C31H38FN3O6S/c1-21-17-35(22(2)20-36)31(37)16-24-15-26(33-42(38,39)28-12-7-25(32)8-13-28)9-14-29(24)41-30(21)19-34(3)18-23-5-10-27(40-4)11-6-23/h5-15,21-22,30,33,36H,16-20H2,1-4H3/t21-,22+,30+/m0/s1. The summed E-state index contributed by atoms with van der Waals surface area (Å²) in [6.07, 6.45) is -0.347. The molecule has 3 atom stereocenters. The third-order valence-corrected chi connectivity index (χ3v) is 8.79. The summed E-state index contributed by atoms with van der Waals surface area (Å²) in [4.78, 5) is 17.2. The van der Waals surface area contributed by atoms with E-state index in [1.54, 1.807) is 37.1 Å². The fourth-order valence-corrected chi connectivity index (χ4v) is 6.00. The molecule has 0 saturated carbocycles. The van der Waals surface area contributed by atoms with Crippen LogP contribution in [0.3, 0.4) is 0 Å². The summed E-state index contributed by atoms with van der Waals surface area (Å²) in [6, 6.07) is 16.8. The molecule has 3 aromatic carbocycles. The summed E-state index contributed by atoms with van der Waals surface area (Å²) >= 11 is 0. The average Bonchev–Trinajstić information content (AvgIpc) is 3.00. The first-order valence-electron chi connectivity index (χ1n) is 13.8. The number of carbonyl (C=O) groups is 1. The lowest BCUT2D eigenvalue weighted by Crippen LogP contribution is -2.47. The van der Waals surface area contributed by atoms with Gasteiger partial charge in [-0.3, -0.25) is 14.4 Å². The van der Waals surface area contributed by atoms with Crippen molar-refractivity contribution < 1.29 is 32.2 Å². The number of aliphatic hydroxyl groups excluding tert-OH is 1. The molecule has 1 aliphatic rings. The molecule has 9 nitrogen and oxygen atoms in total. The Bertz CT molecular complexity index is 1470. The number of fused-ring (bicyclic) bond motifs is 1. The predicted molar refractivity (Wildman–Crippen MR) is 159 cm³/mol. The summed E-state index contributed by atoms with van der Waals surface area (Å²) in [6.45, 7) is 5.24. The first-order chi connectivity index (χ1) is 20.0. The molecule has 226 valence electrons. The number of nitrogens with one attached hydrogen (secondary N) is 1. The van der Waals surface area contributed by atoms with E-state index in [0.29, 0.717) is 30.9 Å². The predicted octanol–water partition coefficient (Wildman–Crippen LogP) is 3.92. The van der Waals surface area contributed by atoms with Crippen LogP contribution >= 0.6 is 0 Å². The molecule has 0 fully saturated rings. The van der Waals surface area contributed by atoms with Crippen LogP contribution in [0.15, 0.2) is 71.6 Å². The van der Waals surface area contributed by atoms with Gasteiger partial charge in [0.05, 0.1) is 31.1 Å². The van der Waals surface area contributed by atoms with Gasteiger partial charge in [-0.2, -0.15) is 0 Å². The third-order valence-electron chi connectivity index (χ3n) is 7.40. The van der Waals surface area contributed by atoms with Gasteiger partial charge in [0.1, 0.15) is 23.4 Å². The Kier molecular flexibility index (Phi) is 10.1. The quantitative estimate of drug-likeness (QED) is 0.364. The number of rotatable bonds is 10. The van der Waals surface area contributed by atoms with E-state index in [9.17, 15) is 22.7 Å². The van der Waals surface area contributed by atoms with E-state index in [4.69, 9.17) is 9.47 Å². The van der Waals surface area contributed by atoms with Crippen LogP contribution in [0.5, 0.6) is 11.5 Å². The molecule has 2 N–H and O–H groups in total. The number of hydrogen-bond donors (Lipinski definition) is 2. The Morgan fingerprint density at radius 2 is 1.83 bits per heavy atom. The van der Waals surface area contributed by atoms with Crippen molar-refractivity contribution in [1.29, 1.82) is 0 Å². The van der Waals surface area contributed by atoms with Crippen molar-refractivity contribution in [3.05, 3.63) is 83.7 Å². The molecule has 0 unspecified atom stereocenters. The number of carbonyl (C=O) groups excluding carboxylic acids is 1. The molecule has 4 rings (SSSR count). The summed E-state index contributed by atoms with van der Waals surface area (Å²) in [5, 5.41) is 9.89. The molecule has 3 aromatic rings. The number of halogens is 1. The van der Waals surface area contributed by atoms with Gasteiger partial charge < -0.3 is 19.5 Å². The molecule has 42 heavy (non-hydrogen) atoms. The number of hydrogen-bond acceptors (Lipinski definition) is 7. The first kappa shape index (κ1) is 31.3. The molecular formula is C31H38FN3O6S. The summed E-state index contributed by atoms with van der Waals surface area (Å²) in [7, 11) is -0.362. The van der Waals surface area contributed by atoms with E-state index in [0.717, 1.165) is 23.4 Å². The second-order valence-electron chi connectivity index (χ2n) is 10.8. The van der Waals surface area contributed by atoms with Gasteiger partial charge in [-0.25, -0.2) is 12.8 Å². The summed E-state index contributed by atoms with van der Waals surface area (Å²) < 4.78 is 53.5. The third kappa shape index (κ3) is 7.78. The highest BCUT2D eigenvalue weighted by atomic mass is 32.2. The van der Waals surface area contributed by atoms with Crippen LogP contribution in [0.1, 0.15) is 25.0 Å². The maximum atomic E-state index is 13.5. The zero-order valence-corrected chi connectivity index (χ0v) is 25.1. The largest absolute Gasteiger partial charge is 0.497 e. The number of sulfonamides is 1. The minimum Gasteiger partial charge on any atom is -0.497 e. The van der Waals surface area contributed by atoms with E-state index >= 15 is 0 Å². The van der Waals surface area contributed by atoms with Crippen molar-refractivity contribution in [3.63, 3.8) is 0 Å². The van der Waals surface area contributed by atoms with Crippen molar-refractivity contribution in [2.24, 2.45) is 5.92 Å². The van der Waals surface area contributed by atoms with E-state index in [-0.39, 0.29) is 41.5 Å². The van der Waals surface area contributed by atoms with Crippen molar-refractivity contribution >= 4 is 21.6 Å². The van der Waals surface area contributed by atoms with Crippen LogP contribution in [-0.4, -0.2) is 75.2 Å². The van der Waals surface area contributed by atoms with Crippen molar-refractivity contribution in [2.75, 3.05) is 38.6 Å². The number of benzene rings is 3. The Labute approximate surface area is 246 Å². The van der Waals surface area contributed by atoms with Gasteiger partial charge in [0.25, 0.3) is 10.0 Å². The number of anilines is 1. The highest BCUT2D eigenvalue weighted by Crippen LogP contribution is 2.30. The number of nitrogens with zero attached hydrogens (tertiary/aromatic N) is 2. The molecule has 1 aliphatic heterocycles. The lowest BCUT2D eigenvalue weighted by molar-refractivity contribution is -0.134. The van der Waals surface area contributed by atoms with Crippen LogP contribution < -0.4 is 14.2 Å². The minimum atomic E-state index is -3.99. The fourth-order valence-electron chi connectivity index (χ4n) is 4.95. The Hall–Kier alpha value is -3.67. The van der Waals surface area contributed by atoms with Gasteiger partial charge in [-0.05, 0) is 74.1 Å². The zero-order valence-electron chi connectivity index (χ0n) is 24.3. The number of ether oxygens (including phenoxy) is 2. The molecular weight excluding hydrogens is 561 g/mol. The van der Waals surface area contributed by atoms with Crippen LogP contribution in [-0.2, 0) is 27.8 Å². The lowest BCUT2D eigenvalue weighted by Gasteiger charge is -2.34. The number of aliphatic hydroxyl groups is 1. The van der Waals surface area contributed by atoms with E-state index in [2.05, 4.69) is 9.62 Å². The fraction of sp³-hybridized carbons (Fsp3) is 0.387. The monoisotopic (exact) mass is 599 g/mol. The Balaban J connectivity index is 1.61. The summed E-state index contributed by atoms with van der Waals surface area (Å²) in [5.74, 6) is 0.458. The molecule has 0 saturated heterocycles. The second-order valence-corrected chi connectivity index (χ2v) is 12.5. The molecule has 0 aromatic heterocycles. The van der Waals surface area contributed by atoms with Crippen LogP contribution in [0.2, 0.25) is 0 Å². The smallest absolute Gasteiger partial charge is 0.261 e. The Morgan fingerprint density at radius 1 is 1.14 bits per heavy atom. The highest BCUT2D eigenvalue weighted by Gasteiger charge is 2.31. The van der Waals surface area contributed by atoms with Gasteiger partial charge in [0.2, 0.25) is 5.91 Å². The van der Waals surface area contributed by atoms with Crippen molar-refractivity contribution in [1.82, 2.24) is 9.80 Å². The van der Waals surface area contributed by atoms with E-state index in [1.165, 1.54) is 12.1 Å². The van der Waals surface area contributed by atoms with E-state index in [1.807, 2.05) is 38.2 Å². The van der Waals surface area contributed by atoms with E-state index < -0.39 is 21.9 Å². The number of amides is 1. The Morgan fingerprint density at radius 3 is 2.48 bits per heavy atom. The van der Waals surface area contributed by atoms with Gasteiger partial charge in [-0.1, -0.05) is 19.1 Å². The topological polar surface area (TPSA) is 108 Å². The SMILES string of the molecule is COc1ccc(CN(C)C[C@H]2Oc3ccc(NS(=O)(=O)c4ccc(F)cc4)cc3CC(=O)N([C@H](C)CO)C[C@@H]2C)cc1. The molecule has 0 bridgehead atoms. The van der Waals surface area contributed by atoms with Gasteiger partial charge >= 0.3 is 0 Å².